The van der Waals surface area contributed by atoms with E-state index in [9.17, 15) is 0 Å². The van der Waals surface area contributed by atoms with E-state index < -0.39 is 0 Å². The molecule has 0 saturated heterocycles. The predicted molar refractivity (Wildman–Crippen MR) is 62.2 cm³/mol. The summed E-state index contributed by atoms with van der Waals surface area (Å²) in [6.07, 6.45) is 5.40. The van der Waals surface area contributed by atoms with E-state index in [1.165, 1.54) is 5.56 Å². The summed E-state index contributed by atoms with van der Waals surface area (Å²) in [5, 5.41) is 11.4. The van der Waals surface area contributed by atoms with Gasteiger partial charge in [-0.2, -0.15) is 5.10 Å². The van der Waals surface area contributed by atoms with E-state index in [1.54, 1.807) is 6.26 Å². The zero-order valence-corrected chi connectivity index (χ0v) is 9.21. The lowest BCUT2D eigenvalue weighted by atomic mass is 10.2. The molecule has 0 amide bonds. The van der Waals surface area contributed by atoms with Crippen LogP contribution in [0.2, 0.25) is 0 Å². The highest BCUT2D eigenvalue weighted by Crippen LogP contribution is 2.09. The third kappa shape index (κ3) is 2.05. The van der Waals surface area contributed by atoms with Crippen LogP contribution in [-0.4, -0.2) is 14.8 Å². The normalized spacial score (nSPS) is 11.1. The highest BCUT2D eigenvalue weighted by molar-refractivity contribution is 5.53. The molecule has 3 aromatic heterocycles. The maximum Gasteiger partial charge on any atom is 0.124 e. The first kappa shape index (κ1) is 10.0. The number of hydrogen-bond donors (Lipinski definition) is 1. The van der Waals surface area contributed by atoms with Crippen molar-refractivity contribution < 1.29 is 4.52 Å². The summed E-state index contributed by atoms with van der Waals surface area (Å²) in [5.41, 5.74) is 3.20. The Morgan fingerprint density at radius 2 is 2.24 bits per heavy atom. The predicted octanol–water partition coefficient (Wildman–Crippen LogP) is 1.61. The second kappa shape index (κ2) is 4.39. The summed E-state index contributed by atoms with van der Waals surface area (Å²) in [7, 11) is 0. The van der Waals surface area contributed by atoms with Crippen molar-refractivity contribution in [3.05, 3.63) is 54.2 Å². The Hall–Kier alpha value is -2.14. The van der Waals surface area contributed by atoms with Gasteiger partial charge in [0.15, 0.2) is 0 Å². The summed E-state index contributed by atoms with van der Waals surface area (Å²) in [6.45, 7) is 1.46. The molecule has 86 valence electrons. The highest BCUT2D eigenvalue weighted by Gasteiger charge is 2.02. The molecule has 0 saturated carbocycles. The Morgan fingerprint density at radius 3 is 3.12 bits per heavy atom. The molecule has 0 aliphatic rings. The van der Waals surface area contributed by atoms with E-state index in [4.69, 9.17) is 4.52 Å². The van der Waals surface area contributed by atoms with Crippen LogP contribution in [0.25, 0.3) is 5.52 Å². The number of nitrogens with one attached hydrogen (secondary N) is 1. The third-order valence-corrected chi connectivity index (χ3v) is 2.62. The Labute approximate surface area is 98.0 Å². The fourth-order valence-corrected chi connectivity index (χ4v) is 1.78. The van der Waals surface area contributed by atoms with Gasteiger partial charge in [0.2, 0.25) is 0 Å². The van der Waals surface area contributed by atoms with Gasteiger partial charge in [-0.15, -0.1) is 0 Å². The van der Waals surface area contributed by atoms with Crippen molar-refractivity contribution in [3.8, 4) is 0 Å². The van der Waals surface area contributed by atoms with Crippen molar-refractivity contribution in [1.29, 1.82) is 0 Å². The number of aromatic nitrogens is 3. The maximum atomic E-state index is 4.77. The quantitative estimate of drug-likeness (QED) is 0.737. The summed E-state index contributed by atoms with van der Waals surface area (Å²) in [4.78, 5) is 0. The first-order valence-electron chi connectivity index (χ1n) is 5.45. The average Bonchev–Trinajstić information content (AvgIpc) is 2.99. The Morgan fingerprint density at radius 1 is 1.24 bits per heavy atom. The van der Waals surface area contributed by atoms with Crippen LogP contribution in [0.4, 0.5) is 0 Å². The fourth-order valence-electron chi connectivity index (χ4n) is 1.78. The molecular weight excluding hydrogens is 216 g/mol. The molecular formula is C12H12N4O. The van der Waals surface area contributed by atoms with Crippen molar-refractivity contribution in [2.24, 2.45) is 0 Å². The van der Waals surface area contributed by atoms with Gasteiger partial charge in [-0.05, 0) is 12.1 Å². The summed E-state index contributed by atoms with van der Waals surface area (Å²) in [5.74, 6) is 0. The van der Waals surface area contributed by atoms with Crippen molar-refractivity contribution in [1.82, 2.24) is 20.1 Å². The topological polar surface area (TPSA) is 55.4 Å². The molecule has 1 N–H and O–H groups in total. The van der Waals surface area contributed by atoms with Gasteiger partial charge in [0.25, 0.3) is 0 Å². The minimum Gasteiger partial charge on any atom is -0.364 e. The molecule has 0 spiro atoms. The van der Waals surface area contributed by atoms with Crippen LogP contribution in [0.15, 0.2) is 47.4 Å². The lowest BCUT2D eigenvalue weighted by Crippen LogP contribution is -2.12. The maximum absolute atomic E-state index is 4.77. The SMILES string of the molecule is c1ccn2ncc(CNCc3ccon3)c2c1. The van der Waals surface area contributed by atoms with Gasteiger partial charge in [0.1, 0.15) is 6.26 Å². The number of pyridine rings is 1. The van der Waals surface area contributed by atoms with Crippen LogP contribution >= 0.6 is 0 Å². The number of hydrogen-bond acceptors (Lipinski definition) is 4. The van der Waals surface area contributed by atoms with Crippen molar-refractivity contribution >= 4 is 5.52 Å². The molecule has 0 fully saturated rings. The van der Waals surface area contributed by atoms with Crippen LogP contribution in [-0.2, 0) is 13.1 Å². The molecule has 3 rings (SSSR count). The Kier molecular flexibility index (Phi) is 2.59. The number of nitrogens with zero attached hydrogens (tertiary/aromatic N) is 3. The molecule has 0 aromatic carbocycles. The smallest absolute Gasteiger partial charge is 0.124 e. The average molecular weight is 228 g/mol. The molecule has 0 unspecified atom stereocenters. The molecule has 0 atom stereocenters. The van der Waals surface area contributed by atoms with Gasteiger partial charge < -0.3 is 9.84 Å². The summed E-state index contributed by atoms with van der Waals surface area (Å²) < 4.78 is 6.63. The fraction of sp³-hybridized carbons (Fsp3) is 0.167. The van der Waals surface area contributed by atoms with Gasteiger partial charge in [0, 0.05) is 30.9 Å². The molecule has 0 aliphatic heterocycles. The molecule has 3 heterocycles. The first-order valence-corrected chi connectivity index (χ1v) is 5.45. The Bertz CT molecular complexity index is 600. The van der Waals surface area contributed by atoms with Gasteiger partial charge in [-0.3, -0.25) is 0 Å². The van der Waals surface area contributed by atoms with E-state index in [0.29, 0.717) is 6.54 Å². The van der Waals surface area contributed by atoms with E-state index in [0.717, 1.165) is 17.8 Å². The monoisotopic (exact) mass is 228 g/mol. The van der Waals surface area contributed by atoms with Crippen molar-refractivity contribution in [3.63, 3.8) is 0 Å². The van der Waals surface area contributed by atoms with Gasteiger partial charge >= 0.3 is 0 Å². The first-order chi connectivity index (χ1) is 8.43. The highest BCUT2D eigenvalue weighted by atomic mass is 16.5. The van der Waals surface area contributed by atoms with E-state index in [1.807, 2.05) is 35.1 Å². The largest absolute Gasteiger partial charge is 0.364 e. The number of rotatable bonds is 4. The van der Waals surface area contributed by atoms with Crippen LogP contribution in [0, 0.1) is 0 Å². The van der Waals surface area contributed by atoms with Crippen LogP contribution < -0.4 is 5.32 Å². The van der Waals surface area contributed by atoms with Crippen molar-refractivity contribution in [2.45, 2.75) is 13.1 Å². The molecule has 0 bridgehead atoms. The molecule has 0 radical (unpaired) electrons. The Balaban J connectivity index is 1.69. The zero-order chi connectivity index (χ0) is 11.5. The summed E-state index contributed by atoms with van der Waals surface area (Å²) >= 11 is 0. The number of fused-ring (bicyclic) bond motifs is 1. The minimum absolute atomic E-state index is 0.695. The molecule has 17 heavy (non-hydrogen) atoms. The van der Waals surface area contributed by atoms with Crippen molar-refractivity contribution in [2.75, 3.05) is 0 Å². The lowest BCUT2D eigenvalue weighted by molar-refractivity contribution is 0.408. The lowest BCUT2D eigenvalue weighted by Gasteiger charge is -2.00. The molecule has 5 nitrogen and oxygen atoms in total. The van der Waals surface area contributed by atoms with Gasteiger partial charge in [-0.1, -0.05) is 11.2 Å². The second-order valence-electron chi connectivity index (χ2n) is 3.79. The zero-order valence-electron chi connectivity index (χ0n) is 9.21. The van der Waals surface area contributed by atoms with Crippen LogP contribution in [0.3, 0.4) is 0 Å². The standard InChI is InChI=1S/C12H12N4O/c1-2-5-16-12(3-1)10(8-14-16)7-13-9-11-4-6-17-15-11/h1-6,8,13H,7,9H2. The second-order valence-corrected chi connectivity index (χ2v) is 3.79. The molecule has 0 aliphatic carbocycles. The van der Waals surface area contributed by atoms with E-state index in [-0.39, 0.29) is 0 Å². The van der Waals surface area contributed by atoms with Crippen LogP contribution in [0.1, 0.15) is 11.3 Å². The van der Waals surface area contributed by atoms with Gasteiger partial charge in [0.05, 0.1) is 17.4 Å². The van der Waals surface area contributed by atoms with Crippen LogP contribution in [0.5, 0.6) is 0 Å². The third-order valence-electron chi connectivity index (χ3n) is 2.62. The molecule has 5 heteroatoms. The minimum atomic E-state index is 0.695. The molecule has 3 aromatic rings. The van der Waals surface area contributed by atoms with E-state index >= 15 is 0 Å². The summed E-state index contributed by atoms with van der Waals surface area (Å²) in [6, 6.07) is 7.88. The van der Waals surface area contributed by atoms with Gasteiger partial charge in [-0.25, -0.2) is 4.52 Å². The van der Waals surface area contributed by atoms with E-state index in [2.05, 4.69) is 21.6 Å².